The summed E-state index contributed by atoms with van der Waals surface area (Å²) in [5, 5.41) is 13.4. The fourth-order valence-electron chi connectivity index (χ4n) is 5.00. The van der Waals surface area contributed by atoms with Crippen LogP contribution in [0, 0.1) is 22.5 Å². The lowest BCUT2D eigenvalue weighted by atomic mass is 9.80. The van der Waals surface area contributed by atoms with Crippen LogP contribution in [0.15, 0.2) is 67.3 Å². The molecule has 0 saturated heterocycles. The van der Waals surface area contributed by atoms with Gasteiger partial charge in [0, 0.05) is 24.3 Å². The van der Waals surface area contributed by atoms with Gasteiger partial charge in [-0.05, 0) is 50.8 Å². The summed E-state index contributed by atoms with van der Waals surface area (Å²) >= 11 is 0. The Morgan fingerprint density at radius 1 is 1.03 bits per heavy atom. The minimum absolute atomic E-state index is 0.0456. The maximum absolute atomic E-state index is 13.4. The smallest absolute Gasteiger partial charge is 0.324 e. The molecule has 1 aliphatic carbocycles. The molecule has 0 unspecified atom stereocenters. The van der Waals surface area contributed by atoms with Crippen LogP contribution in [0.5, 0.6) is 0 Å². The quantitative estimate of drug-likeness (QED) is 0.0586. The van der Waals surface area contributed by atoms with Gasteiger partial charge < -0.3 is 14.7 Å². The second-order valence-corrected chi connectivity index (χ2v) is 9.44. The summed E-state index contributed by atoms with van der Waals surface area (Å²) in [5.74, 6) is 4.88. The zero-order valence-electron chi connectivity index (χ0n) is 22.4. The molecular weight excluding hydrogens is 478 g/mol. The van der Waals surface area contributed by atoms with Crippen LogP contribution in [-0.2, 0) is 19.1 Å². The molecule has 0 heterocycles. The number of hydrogen-bond acceptors (Lipinski definition) is 5. The van der Waals surface area contributed by atoms with Gasteiger partial charge in [-0.15, -0.1) is 6.58 Å². The molecule has 6 heteroatoms. The number of esters is 2. The highest BCUT2D eigenvalue weighted by Crippen LogP contribution is 2.35. The van der Waals surface area contributed by atoms with Crippen molar-refractivity contribution < 1.29 is 23.8 Å². The Hall–Kier alpha value is -3.85. The second-order valence-electron chi connectivity index (χ2n) is 9.44. The van der Waals surface area contributed by atoms with Crippen LogP contribution in [-0.4, -0.2) is 42.1 Å². The van der Waals surface area contributed by atoms with Gasteiger partial charge in [-0.25, -0.2) is 4.74 Å². The van der Waals surface area contributed by atoms with Crippen LogP contribution in [0.3, 0.4) is 0 Å². The Labute approximate surface area is 225 Å². The van der Waals surface area contributed by atoms with Crippen LogP contribution in [0.2, 0.25) is 0 Å². The molecule has 0 radical (unpaired) electrons. The predicted octanol–water partition coefficient (Wildman–Crippen LogP) is 5.77. The van der Waals surface area contributed by atoms with Gasteiger partial charge >= 0.3 is 11.9 Å². The number of benzene rings is 2. The highest BCUT2D eigenvalue weighted by molar-refractivity contribution is 6.00. The second kappa shape index (κ2) is 14.2. The molecule has 0 aliphatic heterocycles. The van der Waals surface area contributed by atoms with E-state index >= 15 is 0 Å². The number of rotatable bonds is 10. The SMILES string of the molecule is C=CCC(CC#Cc1ccccc1/C=[N+](\[O-])[C@H]1CCCC[C@@H]1c1ccccc1)(C(=O)OCC)C(=O)OCC. The Balaban J connectivity index is 1.91. The van der Waals surface area contributed by atoms with Crippen molar-refractivity contribution >= 4 is 18.2 Å². The lowest BCUT2D eigenvalue weighted by Crippen LogP contribution is -2.41. The van der Waals surface area contributed by atoms with Gasteiger partial charge in [-0.3, -0.25) is 9.59 Å². The summed E-state index contributed by atoms with van der Waals surface area (Å²) in [5.41, 5.74) is 0.931. The first-order valence-corrected chi connectivity index (χ1v) is 13.3. The number of hydrogen-bond donors (Lipinski definition) is 0. The predicted molar refractivity (Wildman–Crippen MR) is 149 cm³/mol. The van der Waals surface area contributed by atoms with E-state index in [1.807, 2.05) is 42.5 Å². The van der Waals surface area contributed by atoms with E-state index in [-0.39, 0.29) is 38.0 Å². The third kappa shape index (κ3) is 6.92. The Morgan fingerprint density at radius 3 is 2.32 bits per heavy atom. The summed E-state index contributed by atoms with van der Waals surface area (Å²) < 4.78 is 11.5. The molecule has 6 nitrogen and oxygen atoms in total. The van der Waals surface area contributed by atoms with Gasteiger partial charge in [-0.2, -0.15) is 0 Å². The van der Waals surface area contributed by atoms with E-state index in [0.29, 0.717) is 11.1 Å². The first kappa shape index (κ1) is 28.7. The zero-order chi connectivity index (χ0) is 27.4. The fraction of sp³-hybridized carbons (Fsp3) is 0.406. The molecule has 0 amide bonds. The van der Waals surface area contributed by atoms with Crippen LogP contribution in [0.1, 0.15) is 75.0 Å². The van der Waals surface area contributed by atoms with Gasteiger partial charge in [0.2, 0.25) is 0 Å². The highest BCUT2D eigenvalue weighted by Gasteiger charge is 2.47. The highest BCUT2D eigenvalue weighted by atomic mass is 16.6. The number of carbonyl (C=O) groups excluding carboxylic acids is 2. The molecule has 38 heavy (non-hydrogen) atoms. The van der Waals surface area contributed by atoms with Crippen LogP contribution < -0.4 is 0 Å². The number of hydroxylamine groups is 1. The molecule has 0 N–H and O–H groups in total. The Morgan fingerprint density at radius 2 is 1.66 bits per heavy atom. The topological polar surface area (TPSA) is 78.7 Å². The van der Waals surface area contributed by atoms with Gasteiger partial charge in [0.25, 0.3) is 0 Å². The van der Waals surface area contributed by atoms with Gasteiger partial charge in [0.05, 0.1) is 18.8 Å². The average Bonchev–Trinajstić information content (AvgIpc) is 2.94. The Kier molecular flexibility index (Phi) is 10.7. The van der Waals surface area contributed by atoms with E-state index in [1.54, 1.807) is 20.1 Å². The Bertz CT molecular complexity index is 1170. The van der Waals surface area contributed by atoms with Gasteiger partial charge in [0.1, 0.15) is 0 Å². The van der Waals surface area contributed by atoms with Crippen molar-refractivity contribution in [2.75, 3.05) is 13.2 Å². The third-order valence-electron chi connectivity index (χ3n) is 6.95. The van der Waals surface area contributed by atoms with Crippen molar-refractivity contribution in [2.45, 2.75) is 64.3 Å². The maximum Gasteiger partial charge on any atom is 0.324 e. The molecule has 0 spiro atoms. The van der Waals surface area contributed by atoms with Crippen molar-refractivity contribution in [3.8, 4) is 11.8 Å². The largest absolute Gasteiger partial charge is 0.624 e. The van der Waals surface area contributed by atoms with Crippen molar-refractivity contribution in [3.05, 3.63) is 89.1 Å². The van der Waals surface area contributed by atoms with Gasteiger partial charge in [-0.1, -0.05) is 66.8 Å². The van der Waals surface area contributed by atoms with Crippen LogP contribution in [0.4, 0.5) is 0 Å². The first-order chi connectivity index (χ1) is 18.5. The van der Waals surface area contributed by atoms with Crippen molar-refractivity contribution in [1.82, 2.24) is 0 Å². The number of carbonyl (C=O) groups is 2. The minimum Gasteiger partial charge on any atom is -0.624 e. The molecule has 3 rings (SSSR count). The minimum atomic E-state index is -1.59. The van der Waals surface area contributed by atoms with Crippen molar-refractivity contribution in [1.29, 1.82) is 0 Å². The molecule has 2 aromatic rings. The number of nitrogens with zero attached hydrogens (tertiary/aromatic N) is 1. The summed E-state index contributed by atoms with van der Waals surface area (Å²) in [7, 11) is 0. The zero-order valence-corrected chi connectivity index (χ0v) is 22.4. The summed E-state index contributed by atoms with van der Waals surface area (Å²) in [6.45, 7) is 7.34. The lowest BCUT2D eigenvalue weighted by Gasteiger charge is -2.30. The normalized spacial score (nSPS) is 17.6. The molecule has 200 valence electrons. The standard InChI is InChI=1S/C32H37NO5/c1-4-22-32(30(34)37-5-2,31(35)38-6-3)23-14-19-25-15-10-11-18-27(25)24-33(36)29-21-13-12-20-28(29)26-16-8-7-9-17-26/h4,7-11,15-18,24,28-29H,1,5-6,12-13,20-23H2,2-3H3/b33-24-/t28-,29+/m1/s1. The lowest BCUT2D eigenvalue weighted by molar-refractivity contribution is -0.504. The maximum atomic E-state index is 13.4. The summed E-state index contributed by atoms with van der Waals surface area (Å²) in [4.78, 5) is 25.7. The summed E-state index contributed by atoms with van der Waals surface area (Å²) in [6.07, 6.45) is 7.01. The third-order valence-corrected chi connectivity index (χ3v) is 6.95. The number of allylic oxidation sites excluding steroid dienone is 1. The van der Waals surface area contributed by atoms with E-state index in [4.69, 9.17) is 9.47 Å². The molecule has 1 fully saturated rings. The van der Waals surface area contributed by atoms with E-state index < -0.39 is 17.4 Å². The van der Waals surface area contributed by atoms with Crippen LogP contribution in [0.25, 0.3) is 0 Å². The monoisotopic (exact) mass is 515 g/mol. The average molecular weight is 516 g/mol. The van der Waals surface area contributed by atoms with E-state index in [0.717, 1.165) is 30.4 Å². The van der Waals surface area contributed by atoms with Crippen molar-refractivity contribution in [2.24, 2.45) is 5.41 Å². The fourth-order valence-corrected chi connectivity index (χ4v) is 5.00. The molecular formula is C32H37NO5. The van der Waals surface area contributed by atoms with E-state index in [9.17, 15) is 14.8 Å². The van der Waals surface area contributed by atoms with Gasteiger partial charge in [0.15, 0.2) is 17.7 Å². The van der Waals surface area contributed by atoms with Crippen LogP contribution >= 0.6 is 0 Å². The molecule has 2 aromatic carbocycles. The molecule has 2 atom stereocenters. The number of ether oxygens (including phenoxy) is 2. The summed E-state index contributed by atoms with van der Waals surface area (Å²) in [6, 6.07) is 17.4. The molecule has 1 saturated carbocycles. The first-order valence-electron chi connectivity index (χ1n) is 13.3. The van der Waals surface area contributed by atoms with E-state index in [2.05, 4.69) is 30.6 Å². The molecule has 0 bridgehead atoms. The molecule has 0 aromatic heterocycles. The molecule has 1 aliphatic rings. The van der Waals surface area contributed by atoms with E-state index in [1.165, 1.54) is 11.6 Å². The van der Waals surface area contributed by atoms with Crippen molar-refractivity contribution in [3.63, 3.8) is 0 Å².